The van der Waals surface area contributed by atoms with Crippen molar-refractivity contribution in [1.29, 1.82) is 0 Å². The average molecular weight is 581 g/mol. The number of nitrogens with zero attached hydrogens (tertiary/aromatic N) is 2. The van der Waals surface area contributed by atoms with E-state index >= 15 is 0 Å². The molecule has 1 unspecified atom stereocenters. The summed E-state index contributed by atoms with van der Waals surface area (Å²) in [6, 6.07) is 4.40. The molecule has 9 nitrogen and oxygen atoms in total. The minimum Gasteiger partial charge on any atom is -0.348 e. The summed E-state index contributed by atoms with van der Waals surface area (Å²) in [6.07, 6.45) is -0.243. The second-order valence-electron chi connectivity index (χ2n) is 7.77. The second kappa shape index (κ2) is 11.4. The van der Waals surface area contributed by atoms with Crippen LogP contribution in [0, 0.1) is 9.39 Å². The van der Waals surface area contributed by atoms with Crippen LogP contribution in [-0.4, -0.2) is 40.0 Å². The third-order valence-corrected chi connectivity index (χ3v) is 5.52. The quantitative estimate of drug-likeness (QED) is 0.316. The Hall–Kier alpha value is -2.00. The fourth-order valence-corrected chi connectivity index (χ4v) is 3.72. The molecular weight excluding hydrogens is 555 g/mol. The van der Waals surface area contributed by atoms with Crippen molar-refractivity contribution < 1.29 is 27.9 Å². The highest BCUT2D eigenvalue weighted by Gasteiger charge is 2.32. The number of carbonyl (C=O) groups excluding carboxylic acids is 1. The number of alkyl halides is 1. The number of benzene rings is 1. The van der Waals surface area contributed by atoms with Crippen molar-refractivity contribution in [1.82, 2.24) is 9.13 Å². The van der Waals surface area contributed by atoms with Crippen LogP contribution in [0.25, 0.3) is 0 Å². The molecule has 2 N–H and O–H groups in total. The van der Waals surface area contributed by atoms with E-state index < -0.39 is 35.4 Å². The van der Waals surface area contributed by atoms with E-state index in [-0.39, 0.29) is 29.3 Å². The lowest BCUT2D eigenvalue weighted by molar-refractivity contribution is -0.145. The van der Waals surface area contributed by atoms with Gasteiger partial charge in [-0.3, -0.25) is 18.7 Å². The molecule has 2 aromatic rings. The van der Waals surface area contributed by atoms with Gasteiger partial charge in [-0.15, -0.1) is 0 Å². The van der Waals surface area contributed by atoms with E-state index in [0.717, 1.165) is 6.92 Å². The first-order chi connectivity index (χ1) is 15.4. The average Bonchev–Trinajstić information content (AvgIpc) is 3.07. The number of hydrogen-bond acceptors (Lipinski definition) is 7. The molecule has 0 bridgehead atoms. The van der Waals surface area contributed by atoms with Crippen LogP contribution in [0.3, 0.4) is 0 Å². The highest BCUT2D eigenvalue weighted by Crippen LogP contribution is 2.22. The summed E-state index contributed by atoms with van der Waals surface area (Å²) in [7, 11) is 1.17. The van der Waals surface area contributed by atoms with Crippen LogP contribution in [0.2, 0.25) is 0 Å². The predicted molar refractivity (Wildman–Crippen MR) is 124 cm³/mol. The monoisotopic (exact) mass is 581 g/mol. The summed E-state index contributed by atoms with van der Waals surface area (Å²) in [4.78, 5) is 40.4. The van der Waals surface area contributed by atoms with E-state index in [9.17, 15) is 23.2 Å². The molecule has 182 valence electrons. The van der Waals surface area contributed by atoms with Crippen molar-refractivity contribution in [2.24, 2.45) is 12.9 Å². The van der Waals surface area contributed by atoms with Crippen LogP contribution >= 0.6 is 22.6 Å². The lowest BCUT2D eigenvalue weighted by Crippen LogP contribution is -2.42. The van der Waals surface area contributed by atoms with Crippen molar-refractivity contribution in [3.63, 3.8) is 0 Å². The smallest absolute Gasteiger partial charge is 0.333 e. The van der Waals surface area contributed by atoms with Crippen molar-refractivity contribution in [2.45, 2.75) is 45.9 Å². The Morgan fingerprint density at radius 3 is 2.52 bits per heavy atom. The highest BCUT2D eigenvalue weighted by molar-refractivity contribution is 14.1. The molecule has 3 rings (SSSR count). The molecular formula is C21H26F2IN3O6. The minimum absolute atomic E-state index is 0.0139. The molecule has 1 aromatic carbocycles. The Labute approximate surface area is 202 Å². The SMILES string of the molecule is CC(=O)c1c(Cc2ccc(I)cc2F)n(CF)c(=O)n(C)c1=O.CC1(C)OCC(CON)O1. The van der Waals surface area contributed by atoms with Crippen LogP contribution < -0.4 is 17.1 Å². The lowest BCUT2D eigenvalue weighted by atomic mass is 10.0. The maximum absolute atomic E-state index is 14.0. The van der Waals surface area contributed by atoms with Gasteiger partial charge in [0.25, 0.3) is 5.56 Å². The summed E-state index contributed by atoms with van der Waals surface area (Å²) in [6.45, 7) is 4.62. The van der Waals surface area contributed by atoms with Gasteiger partial charge in [0.2, 0.25) is 0 Å². The predicted octanol–water partition coefficient (Wildman–Crippen LogP) is 2.04. The van der Waals surface area contributed by atoms with Crippen molar-refractivity contribution >= 4 is 28.4 Å². The molecule has 1 aliphatic heterocycles. The van der Waals surface area contributed by atoms with E-state index in [1.165, 1.54) is 19.2 Å². The maximum atomic E-state index is 14.0. The van der Waals surface area contributed by atoms with Gasteiger partial charge in [0.05, 0.1) is 13.2 Å². The van der Waals surface area contributed by atoms with Crippen molar-refractivity contribution in [3.8, 4) is 0 Å². The molecule has 0 spiro atoms. The Morgan fingerprint density at radius 1 is 1.36 bits per heavy atom. The number of ether oxygens (including phenoxy) is 2. The standard InChI is InChI=1S/C15H13F2IN2O3.C6H13NO3/c1-8(21)13-12(5-9-3-4-10(18)6-11(9)17)20(7-16)15(23)19(2)14(13)22;1-6(2)8-3-5(10-6)4-9-7/h3-4,6H,5,7H2,1-2H3;5H,3-4,7H2,1-2H3. The van der Waals surface area contributed by atoms with Crippen LogP contribution in [0.15, 0.2) is 27.8 Å². The number of ketones is 1. The zero-order valence-electron chi connectivity index (χ0n) is 18.7. The van der Waals surface area contributed by atoms with Crippen LogP contribution in [0.5, 0.6) is 0 Å². The normalized spacial score (nSPS) is 16.9. The summed E-state index contributed by atoms with van der Waals surface area (Å²) >= 11 is 1.94. The molecule has 0 radical (unpaired) electrons. The molecule has 0 aliphatic carbocycles. The number of nitrogens with two attached hydrogens (primary N) is 1. The Balaban J connectivity index is 0.000000321. The fraction of sp³-hybridized carbons (Fsp3) is 0.476. The van der Waals surface area contributed by atoms with Gasteiger partial charge in [-0.1, -0.05) is 6.07 Å². The molecule has 12 heteroatoms. The number of rotatable bonds is 6. The van der Waals surface area contributed by atoms with Gasteiger partial charge in [-0.05, 0) is 61.1 Å². The van der Waals surface area contributed by atoms with Gasteiger partial charge in [0.15, 0.2) is 18.4 Å². The van der Waals surface area contributed by atoms with Gasteiger partial charge in [-0.2, -0.15) is 0 Å². The van der Waals surface area contributed by atoms with E-state index in [4.69, 9.17) is 15.4 Å². The number of aromatic nitrogens is 2. The summed E-state index contributed by atoms with van der Waals surface area (Å²) in [5.74, 6) is 3.24. The zero-order chi connectivity index (χ0) is 24.9. The molecule has 1 saturated heterocycles. The third kappa shape index (κ3) is 6.76. The van der Waals surface area contributed by atoms with Crippen LogP contribution in [0.1, 0.15) is 42.4 Å². The number of hydrogen-bond donors (Lipinski definition) is 1. The number of Topliss-reactive ketones (excluding diaryl/α,β-unsaturated/α-hetero) is 1. The molecule has 2 heterocycles. The van der Waals surface area contributed by atoms with Crippen molar-refractivity contribution in [3.05, 3.63) is 65.2 Å². The molecule has 1 aromatic heterocycles. The number of carbonyl (C=O) groups is 1. The lowest BCUT2D eigenvalue weighted by Gasteiger charge is -2.16. The summed E-state index contributed by atoms with van der Waals surface area (Å²) in [5, 5.41) is 0. The van der Waals surface area contributed by atoms with Gasteiger partial charge in [0.1, 0.15) is 17.5 Å². The fourth-order valence-electron chi connectivity index (χ4n) is 3.27. The maximum Gasteiger partial charge on any atom is 0.333 e. The summed E-state index contributed by atoms with van der Waals surface area (Å²) < 4.78 is 40.0. The van der Waals surface area contributed by atoms with Crippen molar-refractivity contribution in [2.75, 3.05) is 13.2 Å². The van der Waals surface area contributed by atoms with Crippen LogP contribution in [0.4, 0.5) is 8.78 Å². The largest absolute Gasteiger partial charge is 0.348 e. The van der Waals surface area contributed by atoms with E-state index in [2.05, 4.69) is 4.84 Å². The molecule has 1 atom stereocenters. The van der Waals surface area contributed by atoms with E-state index in [1.54, 1.807) is 6.07 Å². The topological polar surface area (TPSA) is 115 Å². The zero-order valence-corrected chi connectivity index (χ0v) is 20.9. The molecule has 1 fully saturated rings. The first kappa shape index (κ1) is 27.2. The second-order valence-corrected chi connectivity index (χ2v) is 9.01. The van der Waals surface area contributed by atoms with Gasteiger partial charge in [-0.25, -0.2) is 19.5 Å². The Bertz CT molecular complexity index is 1130. The Kier molecular flexibility index (Phi) is 9.43. The molecule has 1 aliphatic rings. The Morgan fingerprint density at radius 2 is 2.03 bits per heavy atom. The van der Waals surface area contributed by atoms with Gasteiger partial charge >= 0.3 is 5.69 Å². The van der Waals surface area contributed by atoms with E-state index in [0.29, 0.717) is 25.9 Å². The minimum atomic E-state index is -1.21. The van der Waals surface area contributed by atoms with Gasteiger partial charge < -0.3 is 14.3 Å². The molecule has 33 heavy (non-hydrogen) atoms. The summed E-state index contributed by atoms with van der Waals surface area (Å²) in [5.41, 5.74) is -1.95. The van der Waals surface area contributed by atoms with E-state index in [1.807, 2.05) is 36.4 Å². The molecule has 0 amide bonds. The first-order valence-corrected chi connectivity index (χ1v) is 11.0. The first-order valence-electron chi connectivity index (χ1n) is 9.88. The van der Waals surface area contributed by atoms with Gasteiger partial charge in [0, 0.05) is 22.7 Å². The van der Waals surface area contributed by atoms with Crippen LogP contribution in [-0.2, 0) is 34.6 Å². The third-order valence-electron chi connectivity index (χ3n) is 4.84. The molecule has 0 saturated carbocycles. The number of halogens is 3. The highest BCUT2D eigenvalue weighted by atomic mass is 127.